The summed E-state index contributed by atoms with van der Waals surface area (Å²) < 4.78 is 9.84. The number of nitrogens with one attached hydrogen (secondary N) is 1. The van der Waals surface area contributed by atoms with Gasteiger partial charge in [-0.1, -0.05) is 0 Å². The third-order valence-electron chi connectivity index (χ3n) is 3.57. The second kappa shape index (κ2) is 7.92. The van der Waals surface area contributed by atoms with Gasteiger partial charge in [-0.2, -0.15) is 0 Å². The first-order valence-corrected chi connectivity index (χ1v) is 7.68. The number of hydrogen-bond donors (Lipinski definition) is 2. The monoisotopic (exact) mass is 320 g/mol. The molecule has 0 bridgehead atoms. The van der Waals surface area contributed by atoms with Gasteiger partial charge in [0.1, 0.15) is 0 Å². The summed E-state index contributed by atoms with van der Waals surface area (Å²) in [4.78, 5) is 20.7. The van der Waals surface area contributed by atoms with Crippen LogP contribution in [0.5, 0.6) is 0 Å². The maximum absolute atomic E-state index is 11.8. The molecule has 0 amide bonds. The van der Waals surface area contributed by atoms with Crippen LogP contribution in [0.25, 0.3) is 0 Å². The summed E-state index contributed by atoms with van der Waals surface area (Å²) in [6.07, 6.45) is 2.11. The van der Waals surface area contributed by atoms with Crippen LogP contribution in [-0.4, -0.2) is 43.8 Å². The van der Waals surface area contributed by atoms with E-state index in [0.717, 1.165) is 24.2 Å². The first kappa shape index (κ1) is 17.2. The number of esters is 1. The van der Waals surface area contributed by atoms with Crippen LogP contribution in [0.4, 0.5) is 0 Å². The summed E-state index contributed by atoms with van der Waals surface area (Å²) in [7, 11) is 3.02. The van der Waals surface area contributed by atoms with Gasteiger partial charge in [-0.25, -0.2) is 9.79 Å². The molecule has 1 unspecified atom stereocenters. The normalized spacial score (nSPS) is 16.0. The molecule has 0 aliphatic heterocycles. The van der Waals surface area contributed by atoms with Crippen molar-refractivity contribution >= 4 is 11.9 Å². The van der Waals surface area contributed by atoms with Crippen LogP contribution in [0.1, 0.15) is 47.4 Å². The van der Waals surface area contributed by atoms with Crippen molar-refractivity contribution in [1.29, 1.82) is 0 Å². The van der Waals surface area contributed by atoms with Gasteiger partial charge in [0.15, 0.2) is 5.96 Å². The second-order valence-electron chi connectivity index (χ2n) is 5.70. The van der Waals surface area contributed by atoms with E-state index in [4.69, 9.17) is 15.2 Å². The Kier molecular flexibility index (Phi) is 5.92. The van der Waals surface area contributed by atoms with E-state index in [-0.39, 0.29) is 12.0 Å². The van der Waals surface area contributed by atoms with Crippen molar-refractivity contribution in [3.63, 3.8) is 0 Å². The van der Waals surface area contributed by atoms with E-state index >= 15 is 0 Å². The molecule has 7 heteroatoms. The third-order valence-corrected chi connectivity index (χ3v) is 3.57. The fourth-order valence-corrected chi connectivity index (χ4v) is 2.31. The Morgan fingerprint density at radius 3 is 2.83 bits per heavy atom. The van der Waals surface area contributed by atoms with E-state index in [1.165, 1.54) is 7.11 Å². The molecule has 0 saturated heterocycles. The topological polar surface area (TPSA) is 98.8 Å². The molecule has 0 aromatic carbocycles. The highest BCUT2D eigenvalue weighted by Crippen LogP contribution is 2.40. The van der Waals surface area contributed by atoms with Crippen LogP contribution in [0.2, 0.25) is 0 Å². The van der Waals surface area contributed by atoms with Crippen LogP contribution < -0.4 is 11.1 Å². The lowest BCUT2D eigenvalue weighted by Crippen LogP contribution is -2.40. The number of pyridine rings is 1. The predicted molar refractivity (Wildman–Crippen MR) is 87.4 cm³/mol. The van der Waals surface area contributed by atoms with Crippen molar-refractivity contribution in [3.8, 4) is 0 Å². The lowest BCUT2D eigenvalue weighted by atomic mass is 10.1. The highest BCUT2D eigenvalue weighted by Gasteiger charge is 2.30. The molecular weight excluding hydrogens is 296 g/mol. The Hall–Kier alpha value is -2.15. The smallest absolute Gasteiger partial charge is 0.339 e. The molecule has 1 aliphatic rings. The van der Waals surface area contributed by atoms with Crippen molar-refractivity contribution in [3.05, 3.63) is 29.1 Å². The summed E-state index contributed by atoms with van der Waals surface area (Å²) in [6, 6.07) is 3.63. The lowest BCUT2D eigenvalue weighted by molar-refractivity contribution is 0.0598. The zero-order valence-electron chi connectivity index (χ0n) is 13.8. The molecule has 1 aromatic heterocycles. The Balaban J connectivity index is 2.06. The van der Waals surface area contributed by atoms with E-state index < -0.39 is 0 Å². The van der Waals surface area contributed by atoms with Gasteiger partial charge in [-0.05, 0) is 31.9 Å². The summed E-state index contributed by atoms with van der Waals surface area (Å²) in [6.45, 7) is 2.87. The Morgan fingerprint density at radius 2 is 2.22 bits per heavy atom. The fraction of sp³-hybridized carbons (Fsp3) is 0.562. The number of nitrogens with zero attached hydrogens (tertiary/aromatic N) is 2. The highest BCUT2D eigenvalue weighted by atomic mass is 16.5. The number of carbonyl (C=O) groups excluding carboxylic acids is 1. The Bertz CT molecular complexity index is 585. The quantitative estimate of drug-likeness (QED) is 0.445. The summed E-state index contributed by atoms with van der Waals surface area (Å²) >= 11 is 0. The first-order chi connectivity index (χ1) is 11.0. The number of ether oxygens (including phenoxy) is 2. The average molecular weight is 320 g/mol. The van der Waals surface area contributed by atoms with Gasteiger partial charge in [-0.15, -0.1) is 0 Å². The lowest BCUT2D eigenvalue weighted by Gasteiger charge is -2.13. The molecule has 126 valence electrons. The van der Waals surface area contributed by atoms with Gasteiger partial charge in [0.25, 0.3) is 0 Å². The molecular formula is C16H24N4O3. The van der Waals surface area contributed by atoms with Gasteiger partial charge >= 0.3 is 5.97 Å². The van der Waals surface area contributed by atoms with Crippen LogP contribution >= 0.6 is 0 Å². The van der Waals surface area contributed by atoms with Crippen molar-refractivity contribution in [2.75, 3.05) is 20.8 Å². The fourth-order valence-electron chi connectivity index (χ4n) is 2.31. The minimum absolute atomic E-state index is 0.0837. The van der Waals surface area contributed by atoms with E-state index in [0.29, 0.717) is 30.6 Å². The molecule has 1 aliphatic carbocycles. The molecule has 3 N–H and O–H groups in total. The predicted octanol–water partition coefficient (Wildman–Crippen LogP) is 1.18. The van der Waals surface area contributed by atoms with E-state index in [1.54, 1.807) is 19.2 Å². The maximum atomic E-state index is 11.8. The Labute approximate surface area is 136 Å². The summed E-state index contributed by atoms with van der Waals surface area (Å²) in [5, 5.41) is 3.04. The van der Waals surface area contributed by atoms with E-state index in [2.05, 4.69) is 15.3 Å². The van der Waals surface area contributed by atoms with Gasteiger partial charge in [0.2, 0.25) is 0 Å². The van der Waals surface area contributed by atoms with Crippen LogP contribution in [0.3, 0.4) is 0 Å². The van der Waals surface area contributed by atoms with Crippen molar-refractivity contribution in [1.82, 2.24) is 10.3 Å². The number of methoxy groups -OCH3 is 2. The van der Waals surface area contributed by atoms with Crippen LogP contribution in [0.15, 0.2) is 17.1 Å². The Morgan fingerprint density at radius 1 is 1.48 bits per heavy atom. The number of carbonyl (C=O) groups is 1. The molecule has 1 saturated carbocycles. The molecule has 1 fully saturated rings. The highest BCUT2D eigenvalue weighted by molar-refractivity contribution is 5.90. The zero-order chi connectivity index (χ0) is 16.8. The van der Waals surface area contributed by atoms with Gasteiger partial charge in [0, 0.05) is 19.1 Å². The van der Waals surface area contributed by atoms with E-state index in [1.807, 2.05) is 6.92 Å². The average Bonchev–Trinajstić information content (AvgIpc) is 3.37. The second-order valence-corrected chi connectivity index (χ2v) is 5.70. The number of nitrogens with two attached hydrogens (primary N) is 1. The molecule has 0 radical (unpaired) electrons. The summed E-state index contributed by atoms with van der Waals surface area (Å²) in [5.74, 6) is 0.357. The number of aliphatic imine (C=N–C) groups is 1. The van der Waals surface area contributed by atoms with Crippen LogP contribution in [0, 0.1) is 0 Å². The van der Waals surface area contributed by atoms with Crippen LogP contribution in [-0.2, 0) is 16.0 Å². The molecule has 1 heterocycles. The third kappa shape index (κ3) is 4.92. The van der Waals surface area contributed by atoms with Gasteiger partial charge < -0.3 is 20.5 Å². The zero-order valence-corrected chi connectivity index (χ0v) is 13.8. The molecule has 1 atom stereocenters. The number of hydrogen-bond acceptors (Lipinski definition) is 5. The molecule has 23 heavy (non-hydrogen) atoms. The minimum atomic E-state index is -0.343. The van der Waals surface area contributed by atoms with Gasteiger partial charge in [0.05, 0.1) is 37.2 Å². The van der Waals surface area contributed by atoms with Gasteiger partial charge in [-0.3, -0.25) is 4.98 Å². The van der Waals surface area contributed by atoms with Crippen molar-refractivity contribution in [2.24, 2.45) is 10.7 Å². The largest absolute Gasteiger partial charge is 0.465 e. The molecule has 1 aromatic rings. The summed E-state index contributed by atoms with van der Waals surface area (Å²) in [5.41, 5.74) is 7.98. The number of rotatable bonds is 7. The van der Waals surface area contributed by atoms with E-state index in [9.17, 15) is 4.79 Å². The van der Waals surface area contributed by atoms with Crippen molar-refractivity contribution in [2.45, 2.75) is 38.3 Å². The van der Waals surface area contributed by atoms with Crippen molar-refractivity contribution < 1.29 is 14.3 Å². The minimum Gasteiger partial charge on any atom is -0.465 e. The molecule has 0 spiro atoms. The number of guanidine groups is 1. The first-order valence-electron chi connectivity index (χ1n) is 7.68. The standard InChI is InChI=1S/C16H24N4O3/c1-10(9-22-2)19-16(17)18-8-12-6-7-13(15(21)23-3)14(20-12)11-4-5-11/h6-7,10-11H,4-5,8-9H2,1-3H3,(H3,17,18,19). The molecule has 7 nitrogen and oxygen atoms in total. The maximum Gasteiger partial charge on any atom is 0.339 e. The molecule has 2 rings (SSSR count). The number of aromatic nitrogens is 1. The SMILES string of the molecule is COCC(C)NC(N)=NCc1ccc(C(=O)OC)c(C2CC2)n1.